The Labute approximate surface area is 108 Å². The second-order valence-electron chi connectivity index (χ2n) is 4.25. The third-order valence-electron chi connectivity index (χ3n) is 2.77. The quantitative estimate of drug-likeness (QED) is 0.766. The summed E-state index contributed by atoms with van der Waals surface area (Å²) >= 11 is 0. The molecule has 3 rings (SSSR count). The number of fused-ring (bicyclic) bond motifs is 1. The summed E-state index contributed by atoms with van der Waals surface area (Å²) in [5, 5.41) is 15.1. The van der Waals surface area contributed by atoms with Crippen molar-refractivity contribution in [1.82, 2.24) is 29.4 Å². The van der Waals surface area contributed by atoms with Crippen molar-refractivity contribution in [2.24, 2.45) is 7.05 Å². The predicted octanol–water partition coefficient (Wildman–Crippen LogP) is 1.17. The van der Waals surface area contributed by atoms with Gasteiger partial charge in [-0.05, 0) is 19.1 Å². The fourth-order valence-electron chi connectivity index (χ4n) is 1.86. The van der Waals surface area contributed by atoms with Crippen LogP contribution < -0.4 is 5.32 Å². The molecule has 0 saturated carbocycles. The molecule has 7 nitrogen and oxygen atoms in total. The molecule has 0 aliphatic heterocycles. The molecule has 1 N–H and O–H groups in total. The second kappa shape index (κ2) is 4.30. The fourth-order valence-corrected chi connectivity index (χ4v) is 1.86. The summed E-state index contributed by atoms with van der Waals surface area (Å²) < 4.78 is 16.3. The minimum Gasteiger partial charge on any atom is -0.343 e. The molecule has 0 saturated heterocycles. The number of anilines is 1. The van der Waals surface area contributed by atoms with Gasteiger partial charge in [0, 0.05) is 7.05 Å². The van der Waals surface area contributed by atoms with Gasteiger partial charge in [-0.2, -0.15) is 4.98 Å². The van der Waals surface area contributed by atoms with Crippen LogP contribution in [-0.2, 0) is 7.05 Å². The van der Waals surface area contributed by atoms with Crippen LogP contribution in [0.15, 0.2) is 24.7 Å². The minimum atomic E-state index is -0.356. The number of hydrogen-bond donors (Lipinski definition) is 1. The smallest absolute Gasteiger partial charge is 0.243 e. The average Bonchev–Trinajstić information content (AvgIpc) is 2.94. The van der Waals surface area contributed by atoms with Gasteiger partial charge < -0.3 is 9.88 Å². The molecule has 0 spiro atoms. The van der Waals surface area contributed by atoms with Gasteiger partial charge in [-0.1, -0.05) is 0 Å². The highest BCUT2D eigenvalue weighted by molar-refractivity contribution is 5.43. The van der Waals surface area contributed by atoms with Crippen LogP contribution in [0.1, 0.15) is 18.8 Å². The van der Waals surface area contributed by atoms with Crippen molar-refractivity contribution in [3.05, 3.63) is 36.3 Å². The van der Waals surface area contributed by atoms with Gasteiger partial charge in [-0.15, -0.1) is 15.3 Å². The Hall–Kier alpha value is -2.51. The summed E-state index contributed by atoms with van der Waals surface area (Å²) in [5.74, 6) is 0.830. The lowest BCUT2D eigenvalue weighted by Crippen LogP contribution is -2.12. The summed E-state index contributed by atoms with van der Waals surface area (Å²) in [7, 11) is 1.86. The van der Waals surface area contributed by atoms with Crippen molar-refractivity contribution >= 4 is 11.6 Å². The van der Waals surface area contributed by atoms with Crippen LogP contribution in [-0.4, -0.2) is 29.4 Å². The highest BCUT2D eigenvalue weighted by Crippen LogP contribution is 2.14. The zero-order chi connectivity index (χ0) is 13.4. The van der Waals surface area contributed by atoms with Gasteiger partial charge in [0.25, 0.3) is 0 Å². The topological polar surface area (TPSA) is 72.9 Å². The Morgan fingerprint density at radius 3 is 2.95 bits per heavy atom. The van der Waals surface area contributed by atoms with Crippen LogP contribution in [0.2, 0.25) is 0 Å². The Balaban J connectivity index is 1.87. The zero-order valence-corrected chi connectivity index (χ0v) is 10.4. The van der Waals surface area contributed by atoms with Crippen molar-refractivity contribution in [2.45, 2.75) is 13.0 Å². The highest BCUT2D eigenvalue weighted by atomic mass is 19.1. The van der Waals surface area contributed by atoms with E-state index in [2.05, 4.69) is 25.6 Å². The van der Waals surface area contributed by atoms with Crippen LogP contribution in [0.4, 0.5) is 10.3 Å². The zero-order valence-electron chi connectivity index (χ0n) is 10.4. The van der Waals surface area contributed by atoms with Gasteiger partial charge in [0.15, 0.2) is 11.5 Å². The molecule has 0 radical (unpaired) electrons. The molecule has 3 aromatic rings. The SMILES string of the molecule is CC(Nc1nc2ccc(F)cn2n1)c1nncn1C. The van der Waals surface area contributed by atoms with Gasteiger partial charge in [0.05, 0.1) is 12.2 Å². The Kier molecular flexibility index (Phi) is 2.62. The monoisotopic (exact) mass is 261 g/mol. The van der Waals surface area contributed by atoms with E-state index in [1.165, 1.54) is 16.8 Å². The molecule has 8 heteroatoms. The van der Waals surface area contributed by atoms with Crippen molar-refractivity contribution in [3.8, 4) is 0 Å². The Morgan fingerprint density at radius 2 is 2.21 bits per heavy atom. The van der Waals surface area contributed by atoms with E-state index >= 15 is 0 Å². The molecule has 0 aliphatic rings. The Morgan fingerprint density at radius 1 is 1.37 bits per heavy atom. The number of hydrogen-bond acceptors (Lipinski definition) is 5. The first kappa shape index (κ1) is 11.6. The van der Waals surface area contributed by atoms with E-state index in [0.29, 0.717) is 11.6 Å². The first-order valence-electron chi connectivity index (χ1n) is 5.76. The molecule has 0 amide bonds. The summed E-state index contributed by atoms with van der Waals surface area (Å²) in [5.41, 5.74) is 0.578. The summed E-state index contributed by atoms with van der Waals surface area (Å²) in [6.45, 7) is 1.93. The number of halogens is 1. The van der Waals surface area contributed by atoms with Crippen molar-refractivity contribution in [1.29, 1.82) is 0 Å². The largest absolute Gasteiger partial charge is 0.343 e. The van der Waals surface area contributed by atoms with E-state index in [4.69, 9.17) is 0 Å². The summed E-state index contributed by atoms with van der Waals surface area (Å²) in [6, 6.07) is 2.81. The van der Waals surface area contributed by atoms with E-state index in [1.807, 2.05) is 18.5 Å². The molecule has 3 aromatic heterocycles. The van der Waals surface area contributed by atoms with E-state index in [9.17, 15) is 4.39 Å². The van der Waals surface area contributed by atoms with E-state index < -0.39 is 0 Å². The normalized spacial score (nSPS) is 12.8. The molecule has 0 aliphatic carbocycles. The lowest BCUT2D eigenvalue weighted by atomic mass is 10.3. The summed E-state index contributed by atoms with van der Waals surface area (Å²) in [6.07, 6.45) is 2.90. The molecule has 3 heterocycles. The number of rotatable bonds is 3. The van der Waals surface area contributed by atoms with E-state index in [-0.39, 0.29) is 11.9 Å². The van der Waals surface area contributed by atoms with Crippen LogP contribution in [0.25, 0.3) is 5.65 Å². The fraction of sp³-hybridized carbons (Fsp3) is 0.273. The van der Waals surface area contributed by atoms with Gasteiger partial charge in [0.1, 0.15) is 12.1 Å². The number of nitrogens with one attached hydrogen (secondary N) is 1. The van der Waals surface area contributed by atoms with Crippen LogP contribution in [0.5, 0.6) is 0 Å². The average molecular weight is 261 g/mol. The number of aryl methyl sites for hydroxylation is 1. The second-order valence-corrected chi connectivity index (χ2v) is 4.25. The maximum atomic E-state index is 13.1. The minimum absolute atomic E-state index is 0.102. The molecule has 98 valence electrons. The first-order valence-corrected chi connectivity index (χ1v) is 5.76. The Bertz CT molecular complexity index is 717. The number of pyridine rings is 1. The molecule has 0 bridgehead atoms. The molecule has 1 atom stereocenters. The van der Waals surface area contributed by atoms with E-state index in [1.54, 1.807) is 12.4 Å². The van der Waals surface area contributed by atoms with Crippen molar-refractivity contribution in [3.63, 3.8) is 0 Å². The third kappa shape index (κ3) is 2.12. The predicted molar refractivity (Wildman–Crippen MR) is 66.0 cm³/mol. The first-order chi connectivity index (χ1) is 9.13. The van der Waals surface area contributed by atoms with Crippen LogP contribution in [0.3, 0.4) is 0 Å². The number of aromatic nitrogens is 6. The lowest BCUT2D eigenvalue weighted by molar-refractivity contribution is 0.614. The lowest BCUT2D eigenvalue weighted by Gasteiger charge is -2.10. The summed E-state index contributed by atoms with van der Waals surface area (Å²) in [4.78, 5) is 4.25. The van der Waals surface area contributed by atoms with Crippen molar-refractivity contribution in [2.75, 3.05) is 5.32 Å². The van der Waals surface area contributed by atoms with Crippen molar-refractivity contribution < 1.29 is 4.39 Å². The van der Waals surface area contributed by atoms with Crippen LogP contribution in [0, 0.1) is 5.82 Å². The third-order valence-corrected chi connectivity index (χ3v) is 2.77. The maximum absolute atomic E-state index is 13.1. The van der Waals surface area contributed by atoms with Gasteiger partial charge >= 0.3 is 0 Å². The highest BCUT2D eigenvalue weighted by Gasteiger charge is 2.13. The molecule has 0 fully saturated rings. The van der Waals surface area contributed by atoms with E-state index in [0.717, 1.165) is 5.82 Å². The molecule has 0 aromatic carbocycles. The van der Waals surface area contributed by atoms with Gasteiger partial charge in [-0.3, -0.25) is 0 Å². The maximum Gasteiger partial charge on any atom is 0.243 e. The van der Waals surface area contributed by atoms with Gasteiger partial charge in [0.2, 0.25) is 5.95 Å². The van der Waals surface area contributed by atoms with Gasteiger partial charge in [-0.25, -0.2) is 8.91 Å². The molecule has 19 heavy (non-hydrogen) atoms. The number of nitrogens with zero attached hydrogens (tertiary/aromatic N) is 6. The molecular formula is C11H12FN7. The molecule has 1 unspecified atom stereocenters. The standard InChI is InChI=1S/C11H12FN7/c1-7(10-16-13-6-18(10)2)14-11-15-9-4-3-8(12)5-19(9)17-11/h3-7H,1-2H3,(H,14,17). The molecular weight excluding hydrogens is 249 g/mol. The van der Waals surface area contributed by atoms with Crippen LogP contribution >= 0.6 is 0 Å².